The van der Waals surface area contributed by atoms with Crippen LogP contribution in [0.25, 0.3) is 0 Å². The molecule has 0 saturated carbocycles. The molecule has 4 aliphatic rings. The summed E-state index contributed by atoms with van der Waals surface area (Å²) >= 11 is 4.71. The number of amides is 4. The monoisotopic (exact) mass is 930 g/mol. The van der Waals surface area contributed by atoms with Crippen LogP contribution < -0.4 is 9.47 Å². The van der Waals surface area contributed by atoms with Crippen molar-refractivity contribution in [3.63, 3.8) is 0 Å². The Labute approximate surface area is 385 Å². The van der Waals surface area contributed by atoms with Crippen LogP contribution >= 0.6 is 47.0 Å². The summed E-state index contributed by atoms with van der Waals surface area (Å²) in [6.07, 6.45) is 12.3. The Hall–Kier alpha value is -3.08. The van der Waals surface area contributed by atoms with Gasteiger partial charge in [0.05, 0.1) is 39.9 Å². The number of unbranched alkanes of at least 4 members (excludes halogenated alkanes) is 6. The number of hydrogen-bond donors (Lipinski definition) is 0. The molecule has 0 bridgehead atoms. The molecule has 2 unspecified atom stereocenters. The van der Waals surface area contributed by atoms with Crippen LogP contribution in [-0.4, -0.2) is 81.8 Å². The third-order valence-electron chi connectivity index (χ3n) is 11.6. The Kier molecular flexibility index (Phi) is 19.1. The normalized spacial score (nSPS) is 17.3. The molecule has 0 aliphatic carbocycles. The van der Waals surface area contributed by atoms with Crippen molar-refractivity contribution in [2.75, 3.05) is 26.2 Å². The van der Waals surface area contributed by atoms with Crippen molar-refractivity contribution >= 4 is 82.6 Å². The first kappa shape index (κ1) is 49.9. The molecule has 0 radical (unpaired) electrons. The average molecular weight is 931 g/mol. The minimum atomic E-state index is -0.409. The second-order valence-corrected chi connectivity index (χ2v) is 20.8. The van der Waals surface area contributed by atoms with Crippen LogP contribution in [0.15, 0.2) is 39.2 Å². The first-order valence-corrected chi connectivity index (χ1v) is 26.4. The highest BCUT2D eigenvalue weighted by Crippen LogP contribution is 2.69. The van der Waals surface area contributed by atoms with Crippen LogP contribution in [-0.2, 0) is 28.8 Å². The fraction of sp³-hybridized carbons (Fsp3) is 0.652. The van der Waals surface area contributed by atoms with E-state index in [2.05, 4.69) is 13.8 Å². The summed E-state index contributed by atoms with van der Waals surface area (Å²) in [5.41, 5.74) is 0.0953. The van der Waals surface area contributed by atoms with Crippen molar-refractivity contribution in [2.45, 2.75) is 178 Å². The second kappa shape index (κ2) is 23.7. The molecule has 0 aromatic heterocycles. The van der Waals surface area contributed by atoms with Crippen LogP contribution in [0.4, 0.5) is 0 Å². The van der Waals surface area contributed by atoms with Gasteiger partial charge in [-0.2, -0.15) is 0 Å². The molecule has 4 amide bonds. The second-order valence-electron chi connectivity index (χ2n) is 16.2. The molecule has 2 atom stereocenters. The van der Waals surface area contributed by atoms with Gasteiger partial charge in [-0.1, -0.05) is 154 Å². The summed E-state index contributed by atoms with van der Waals surface area (Å²) in [7, 11) is 0. The molecule has 1 aromatic rings. The van der Waals surface area contributed by atoms with E-state index in [0.29, 0.717) is 79.9 Å². The van der Waals surface area contributed by atoms with Gasteiger partial charge in [0.15, 0.2) is 11.5 Å². The lowest BCUT2D eigenvalue weighted by Gasteiger charge is -2.27. The standard InChI is InChI=1S/C46H66N4O8S4/c1-9-17-23-29(15-7)43(55)57-33-35-37(61-45(59-35)31-39(51)47(25-19-11-3)48(40(31)52)26-20-12-4)34(58-44(56)30(16-8)24-18-10-2)38-36(33)60-46(62-38)32-41(53)49(27-21-13-5)50(42(32)54)28-22-14-6/h29-30H,9-28H2,1-8H3. The van der Waals surface area contributed by atoms with Gasteiger partial charge in [0.2, 0.25) is 0 Å². The van der Waals surface area contributed by atoms with Gasteiger partial charge in [0.25, 0.3) is 23.6 Å². The number of thioether (sulfide) groups is 4. The molecule has 342 valence electrons. The highest BCUT2D eigenvalue weighted by molar-refractivity contribution is 8.26. The Morgan fingerprint density at radius 3 is 0.919 bits per heavy atom. The number of carbonyl (C=O) groups excluding carboxylic acids is 6. The van der Waals surface area contributed by atoms with Crippen molar-refractivity contribution in [2.24, 2.45) is 11.8 Å². The minimum absolute atomic E-state index is 0.0477. The molecule has 12 nitrogen and oxygen atoms in total. The molecule has 0 N–H and O–H groups in total. The molecular weight excluding hydrogens is 865 g/mol. The lowest BCUT2D eigenvalue weighted by atomic mass is 10.00. The molecule has 4 aliphatic heterocycles. The van der Waals surface area contributed by atoms with Gasteiger partial charge in [-0.3, -0.25) is 28.8 Å². The number of benzene rings is 1. The number of fused-ring (bicyclic) bond motifs is 2. The van der Waals surface area contributed by atoms with E-state index in [0.717, 1.165) is 77.0 Å². The number of esters is 2. The summed E-state index contributed by atoms with van der Waals surface area (Å²) in [6, 6.07) is 0. The van der Waals surface area contributed by atoms with E-state index >= 15 is 0 Å². The van der Waals surface area contributed by atoms with Gasteiger partial charge in [-0.15, -0.1) is 0 Å². The van der Waals surface area contributed by atoms with Crippen molar-refractivity contribution < 1.29 is 38.2 Å². The van der Waals surface area contributed by atoms with Crippen molar-refractivity contribution in [3.8, 4) is 11.5 Å². The largest absolute Gasteiger partial charge is 0.424 e. The molecule has 2 fully saturated rings. The number of carbonyl (C=O) groups is 6. The van der Waals surface area contributed by atoms with Crippen LogP contribution in [0.5, 0.6) is 11.5 Å². The SMILES string of the molecule is CCCCC(CC)C(=O)Oc1c2c(c(OC(=O)C(CC)CCCC)c3c1SC(=C1C(=O)N(CCCC)N(CCCC)C1=O)S3)SC(=C1C(=O)N(CCCC)N(CCCC)C1=O)S2. The molecule has 4 heterocycles. The molecule has 16 heteroatoms. The molecule has 2 saturated heterocycles. The summed E-state index contributed by atoms with van der Waals surface area (Å²) in [5, 5.41) is 6.23. The molecular formula is C46H66N4O8S4. The van der Waals surface area contributed by atoms with Gasteiger partial charge >= 0.3 is 11.9 Å². The summed E-state index contributed by atoms with van der Waals surface area (Å²) < 4.78 is 13.8. The lowest BCUT2D eigenvalue weighted by molar-refractivity contribution is -0.147. The van der Waals surface area contributed by atoms with E-state index in [9.17, 15) is 28.8 Å². The van der Waals surface area contributed by atoms with Gasteiger partial charge in [0, 0.05) is 26.2 Å². The van der Waals surface area contributed by atoms with Crippen LogP contribution in [0.2, 0.25) is 0 Å². The minimum Gasteiger partial charge on any atom is -0.424 e. The number of hydrogen-bond acceptors (Lipinski definition) is 12. The predicted octanol–water partition coefficient (Wildman–Crippen LogP) is 11.1. The predicted molar refractivity (Wildman–Crippen MR) is 248 cm³/mol. The number of rotatable bonds is 24. The quantitative estimate of drug-likeness (QED) is 0.0423. The van der Waals surface area contributed by atoms with Gasteiger partial charge in [-0.05, 0) is 51.4 Å². The van der Waals surface area contributed by atoms with E-state index in [1.54, 1.807) is 20.0 Å². The lowest BCUT2D eigenvalue weighted by Crippen LogP contribution is -2.42. The Morgan fingerprint density at radius 1 is 0.435 bits per heavy atom. The zero-order valence-corrected chi connectivity index (χ0v) is 41.3. The molecule has 62 heavy (non-hydrogen) atoms. The molecule has 0 spiro atoms. The van der Waals surface area contributed by atoms with Crippen molar-refractivity contribution in [1.29, 1.82) is 0 Å². The van der Waals surface area contributed by atoms with E-state index < -0.39 is 11.9 Å². The molecule has 1 aromatic carbocycles. The Balaban J connectivity index is 1.72. The zero-order valence-electron chi connectivity index (χ0n) is 38.0. The highest BCUT2D eigenvalue weighted by atomic mass is 32.2. The Bertz CT molecular complexity index is 1700. The van der Waals surface area contributed by atoms with E-state index in [1.807, 2.05) is 41.5 Å². The fourth-order valence-corrected chi connectivity index (χ4v) is 13.1. The third kappa shape index (κ3) is 10.7. The van der Waals surface area contributed by atoms with Gasteiger partial charge in [0.1, 0.15) is 11.1 Å². The van der Waals surface area contributed by atoms with Crippen molar-refractivity contribution in [3.05, 3.63) is 19.6 Å². The maximum Gasteiger partial charge on any atom is 0.314 e. The van der Waals surface area contributed by atoms with Crippen LogP contribution in [0.1, 0.15) is 158 Å². The first-order chi connectivity index (χ1) is 30.0. The van der Waals surface area contributed by atoms with Crippen molar-refractivity contribution in [1.82, 2.24) is 20.0 Å². The van der Waals surface area contributed by atoms with Crippen LogP contribution in [0.3, 0.4) is 0 Å². The van der Waals surface area contributed by atoms with Gasteiger partial charge in [-0.25, -0.2) is 20.0 Å². The fourth-order valence-electron chi connectivity index (χ4n) is 7.65. The summed E-state index contributed by atoms with van der Waals surface area (Å²) in [5.74, 6) is -2.65. The maximum atomic E-state index is 14.3. The average Bonchev–Trinajstić information content (AvgIpc) is 4.00. The Morgan fingerprint density at radius 2 is 0.694 bits per heavy atom. The number of nitrogens with zero attached hydrogens (tertiary/aromatic N) is 4. The zero-order chi connectivity index (χ0) is 45.1. The topological polar surface area (TPSA) is 134 Å². The van der Waals surface area contributed by atoms with Crippen LogP contribution in [0, 0.1) is 11.8 Å². The van der Waals surface area contributed by atoms with E-state index in [-0.39, 0.29) is 58.1 Å². The maximum absolute atomic E-state index is 14.3. The smallest absolute Gasteiger partial charge is 0.314 e. The highest BCUT2D eigenvalue weighted by Gasteiger charge is 2.49. The van der Waals surface area contributed by atoms with E-state index in [4.69, 9.17) is 9.47 Å². The number of hydrazine groups is 2. The van der Waals surface area contributed by atoms with E-state index in [1.165, 1.54) is 47.0 Å². The number of ether oxygens (including phenoxy) is 2. The van der Waals surface area contributed by atoms with Gasteiger partial charge < -0.3 is 9.47 Å². The first-order valence-electron chi connectivity index (χ1n) is 23.1. The summed E-state index contributed by atoms with van der Waals surface area (Å²) in [6.45, 7) is 17.9. The third-order valence-corrected chi connectivity index (χ3v) is 16.8. The summed E-state index contributed by atoms with van der Waals surface area (Å²) in [4.78, 5) is 87.3. The molecule has 5 rings (SSSR count).